The summed E-state index contributed by atoms with van der Waals surface area (Å²) in [5, 5.41) is 12.2. The predicted molar refractivity (Wildman–Crippen MR) is 140 cm³/mol. The van der Waals surface area contributed by atoms with Crippen molar-refractivity contribution in [2.75, 3.05) is 33.4 Å². The number of ether oxygens (including phenoxy) is 3. The second-order valence-electron chi connectivity index (χ2n) is 10.4. The number of hydrogen-bond donors (Lipinski definition) is 1. The molecule has 3 aliphatic heterocycles. The quantitative estimate of drug-likeness (QED) is 0.473. The molecule has 3 unspecified atom stereocenters. The molecule has 0 bridgehead atoms. The summed E-state index contributed by atoms with van der Waals surface area (Å²) in [5.74, 6) is 1.15. The van der Waals surface area contributed by atoms with Crippen LogP contribution in [0.5, 0.6) is 11.5 Å². The molecule has 7 rings (SSSR count). The minimum atomic E-state index is -1.20. The highest BCUT2D eigenvalue weighted by atomic mass is 79.9. The second kappa shape index (κ2) is 9.11. The predicted octanol–water partition coefficient (Wildman–Crippen LogP) is 4.38. The first-order chi connectivity index (χ1) is 17.9. The van der Waals surface area contributed by atoms with Crippen LogP contribution >= 0.6 is 15.9 Å². The van der Waals surface area contributed by atoms with Crippen LogP contribution in [-0.4, -0.2) is 54.8 Å². The molecule has 1 aliphatic carbocycles. The standard InChI is InChI=1S/C23H20BrNO3.C6H9NO2/c1-27-19-13-25-14-20-21(19)22(26)12-11-18(15-5-3-2-4-6-15)23(22,28-20)16-7-9-17(24)10-8-16;8-5-7-1-6(2-7)3-9-4-6/h2-10,13-14,18,26H,11-12H2,1H3;5H,1-4H2. The number of benzene rings is 2. The Morgan fingerprint density at radius 3 is 2.46 bits per heavy atom. The first kappa shape index (κ1) is 24.4. The van der Waals surface area contributed by atoms with Crippen LogP contribution in [-0.2, 0) is 20.7 Å². The molecule has 4 heterocycles. The van der Waals surface area contributed by atoms with Crippen molar-refractivity contribution in [2.45, 2.75) is 30.0 Å². The van der Waals surface area contributed by atoms with Crippen LogP contribution in [0, 0.1) is 5.41 Å². The van der Waals surface area contributed by atoms with Crippen molar-refractivity contribution in [3.05, 3.63) is 88.2 Å². The van der Waals surface area contributed by atoms with Crippen LogP contribution in [0.3, 0.4) is 0 Å². The minimum Gasteiger partial charge on any atom is -0.495 e. The van der Waals surface area contributed by atoms with Gasteiger partial charge in [-0.25, -0.2) is 0 Å². The summed E-state index contributed by atoms with van der Waals surface area (Å²) in [6, 6.07) is 18.3. The lowest BCUT2D eigenvalue weighted by atomic mass is 9.72. The van der Waals surface area contributed by atoms with Gasteiger partial charge in [0.2, 0.25) is 6.41 Å². The Hall–Kier alpha value is -2.94. The number of rotatable bonds is 4. The number of carbonyl (C=O) groups is 1. The van der Waals surface area contributed by atoms with E-state index < -0.39 is 11.2 Å². The van der Waals surface area contributed by atoms with E-state index in [1.54, 1.807) is 24.4 Å². The van der Waals surface area contributed by atoms with Gasteiger partial charge in [-0.1, -0.05) is 58.4 Å². The summed E-state index contributed by atoms with van der Waals surface area (Å²) in [6.07, 6.45) is 5.62. The van der Waals surface area contributed by atoms with E-state index in [0.717, 1.165) is 54.7 Å². The first-order valence-corrected chi connectivity index (χ1v) is 13.3. The van der Waals surface area contributed by atoms with Crippen molar-refractivity contribution < 1.29 is 24.1 Å². The zero-order chi connectivity index (χ0) is 25.7. The summed E-state index contributed by atoms with van der Waals surface area (Å²) in [4.78, 5) is 16.1. The molecule has 1 N–H and O–H groups in total. The Bertz CT molecular complexity index is 1290. The average Bonchev–Trinajstić information content (AvgIpc) is 3.31. The van der Waals surface area contributed by atoms with Crippen LogP contribution in [0.4, 0.5) is 0 Å². The zero-order valence-electron chi connectivity index (χ0n) is 20.6. The number of halogens is 1. The number of aromatic nitrogens is 1. The van der Waals surface area contributed by atoms with Gasteiger partial charge in [-0.3, -0.25) is 9.78 Å². The third-order valence-corrected chi connectivity index (χ3v) is 8.73. The third kappa shape index (κ3) is 3.68. The largest absolute Gasteiger partial charge is 0.495 e. The number of likely N-dealkylation sites (tertiary alicyclic amines) is 1. The fourth-order valence-electron chi connectivity index (χ4n) is 6.48. The van der Waals surface area contributed by atoms with Gasteiger partial charge < -0.3 is 24.2 Å². The van der Waals surface area contributed by atoms with Gasteiger partial charge in [-0.2, -0.15) is 0 Å². The fourth-order valence-corrected chi connectivity index (χ4v) is 6.74. The topological polar surface area (TPSA) is 81.1 Å². The molecule has 3 fully saturated rings. The lowest BCUT2D eigenvalue weighted by Crippen LogP contribution is -2.65. The molecular formula is C29H29BrN2O5. The number of carbonyl (C=O) groups excluding carboxylic acids is 1. The summed E-state index contributed by atoms with van der Waals surface area (Å²) in [6.45, 7) is 3.54. The molecule has 1 amide bonds. The highest BCUT2D eigenvalue weighted by molar-refractivity contribution is 9.10. The summed E-state index contributed by atoms with van der Waals surface area (Å²) >= 11 is 3.52. The van der Waals surface area contributed by atoms with Crippen LogP contribution in [0.2, 0.25) is 0 Å². The second-order valence-corrected chi connectivity index (χ2v) is 11.3. The maximum Gasteiger partial charge on any atom is 0.209 e. The highest BCUT2D eigenvalue weighted by Gasteiger charge is 2.69. The Labute approximate surface area is 224 Å². The number of methoxy groups -OCH3 is 1. The van der Waals surface area contributed by atoms with E-state index in [4.69, 9.17) is 14.2 Å². The average molecular weight is 565 g/mol. The smallest absolute Gasteiger partial charge is 0.209 e. The van der Waals surface area contributed by atoms with E-state index in [1.165, 1.54) is 0 Å². The molecule has 2 saturated heterocycles. The number of aliphatic hydroxyl groups is 1. The van der Waals surface area contributed by atoms with Gasteiger partial charge in [0.05, 0.1) is 43.7 Å². The Balaban J connectivity index is 0.000000235. The van der Waals surface area contributed by atoms with Crippen molar-refractivity contribution in [2.24, 2.45) is 5.41 Å². The first-order valence-electron chi connectivity index (χ1n) is 12.5. The Morgan fingerprint density at radius 2 is 1.84 bits per heavy atom. The van der Waals surface area contributed by atoms with E-state index in [9.17, 15) is 9.90 Å². The molecule has 7 nitrogen and oxygen atoms in total. The van der Waals surface area contributed by atoms with Gasteiger partial charge in [0.25, 0.3) is 0 Å². The molecule has 2 aromatic carbocycles. The number of hydrogen-bond acceptors (Lipinski definition) is 6. The normalized spacial score (nSPS) is 28.1. The van der Waals surface area contributed by atoms with Crippen molar-refractivity contribution in [1.82, 2.24) is 9.88 Å². The summed E-state index contributed by atoms with van der Waals surface area (Å²) in [5.41, 5.74) is 1.05. The fraction of sp³-hybridized carbons (Fsp3) is 0.379. The van der Waals surface area contributed by atoms with Crippen LogP contribution in [0.1, 0.15) is 35.4 Å². The molecule has 192 valence electrons. The molecule has 3 atom stereocenters. The molecular weight excluding hydrogens is 536 g/mol. The van der Waals surface area contributed by atoms with Crippen molar-refractivity contribution in [3.8, 4) is 11.5 Å². The van der Waals surface area contributed by atoms with Crippen molar-refractivity contribution in [1.29, 1.82) is 0 Å². The van der Waals surface area contributed by atoms with Crippen LogP contribution in [0.15, 0.2) is 71.5 Å². The maximum atomic E-state index is 12.2. The minimum absolute atomic E-state index is 0.00279. The monoisotopic (exact) mass is 564 g/mol. The summed E-state index contributed by atoms with van der Waals surface area (Å²) < 4.78 is 18.2. The third-order valence-electron chi connectivity index (χ3n) is 8.20. The van der Waals surface area contributed by atoms with Crippen LogP contribution < -0.4 is 9.47 Å². The van der Waals surface area contributed by atoms with Gasteiger partial charge in [-0.15, -0.1) is 0 Å². The lowest BCUT2D eigenvalue weighted by Gasteiger charge is -2.53. The Kier molecular flexibility index (Phi) is 6.01. The SMILES string of the molecule is COc1cncc2c1C1(O)CCC(c3ccccc3)C1(c1ccc(Br)cc1)O2.O=CN1CC2(COC2)C1. The van der Waals surface area contributed by atoms with Crippen molar-refractivity contribution in [3.63, 3.8) is 0 Å². The molecule has 4 aliphatic rings. The summed E-state index contributed by atoms with van der Waals surface area (Å²) in [7, 11) is 1.60. The number of nitrogens with zero attached hydrogens (tertiary/aromatic N) is 2. The Morgan fingerprint density at radius 1 is 1.11 bits per heavy atom. The lowest BCUT2D eigenvalue weighted by molar-refractivity contribution is -0.188. The van der Waals surface area contributed by atoms with E-state index >= 15 is 0 Å². The van der Waals surface area contributed by atoms with E-state index in [0.29, 0.717) is 28.9 Å². The number of fused-ring (bicyclic) bond motifs is 3. The van der Waals surface area contributed by atoms with Crippen LogP contribution in [0.25, 0.3) is 0 Å². The van der Waals surface area contributed by atoms with E-state index in [-0.39, 0.29) is 5.92 Å². The maximum absolute atomic E-state index is 12.2. The van der Waals surface area contributed by atoms with Gasteiger partial charge in [0, 0.05) is 23.5 Å². The molecule has 1 aromatic heterocycles. The van der Waals surface area contributed by atoms with Crippen molar-refractivity contribution >= 4 is 22.3 Å². The molecule has 8 heteroatoms. The number of amides is 1. The van der Waals surface area contributed by atoms with Gasteiger partial charge in [0.1, 0.15) is 17.1 Å². The number of pyridine rings is 1. The molecule has 1 saturated carbocycles. The highest BCUT2D eigenvalue weighted by Crippen LogP contribution is 2.67. The van der Waals surface area contributed by atoms with E-state index in [1.807, 2.05) is 42.5 Å². The molecule has 1 spiro atoms. The zero-order valence-corrected chi connectivity index (χ0v) is 22.2. The van der Waals surface area contributed by atoms with Gasteiger partial charge in [-0.05, 0) is 36.1 Å². The molecule has 3 aromatic rings. The molecule has 0 radical (unpaired) electrons. The van der Waals surface area contributed by atoms with Gasteiger partial charge >= 0.3 is 0 Å². The van der Waals surface area contributed by atoms with E-state index in [2.05, 4.69) is 33.0 Å². The van der Waals surface area contributed by atoms with Gasteiger partial charge in [0.15, 0.2) is 5.60 Å². The molecule has 37 heavy (non-hydrogen) atoms.